The number of halogens is 5. The third-order valence-corrected chi connectivity index (χ3v) is 5.66. The average Bonchev–Trinajstić information content (AvgIpc) is 3.27. The second-order valence-corrected chi connectivity index (χ2v) is 7.81. The minimum atomic E-state index is -4.40. The third-order valence-electron chi connectivity index (χ3n) is 5.37. The first-order chi connectivity index (χ1) is 15.7. The lowest BCUT2D eigenvalue weighted by Gasteiger charge is -2.21. The first-order valence-corrected chi connectivity index (χ1v) is 10.1. The van der Waals surface area contributed by atoms with Crippen molar-refractivity contribution in [3.8, 4) is 11.1 Å². The fourth-order valence-corrected chi connectivity index (χ4v) is 3.83. The Labute approximate surface area is 189 Å². The van der Waals surface area contributed by atoms with E-state index in [-0.39, 0.29) is 5.02 Å². The Bertz CT molecular complexity index is 1500. The van der Waals surface area contributed by atoms with Crippen molar-refractivity contribution >= 4 is 39.8 Å². The Morgan fingerprint density at radius 3 is 2.45 bits per heavy atom. The number of hydrogen-bond acceptors (Lipinski definition) is 4. The molecule has 0 radical (unpaired) electrons. The quantitative estimate of drug-likeness (QED) is 0.281. The van der Waals surface area contributed by atoms with E-state index in [1.807, 2.05) is 12.1 Å². The van der Waals surface area contributed by atoms with Gasteiger partial charge < -0.3 is 4.90 Å². The van der Waals surface area contributed by atoms with Gasteiger partial charge in [0.1, 0.15) is 18.0 Å². The summed E-state index contributed by atoms with van der Waals surface area (Å²) in [4.78, 5) is 6.28. The van der Waals surface area contributed by atoms with Gasteiger partial charge in [-0.1, -0.05) is 35.9 Å². The number of alkyl halides is 3. The van der Waals surface area contributed by atoms with Gasteiger partial charge in [0.05, 0.1) is 16.1 Å². The minimum absolute atomic E-state index is 0.0402. The summed E-state index contributed by atoms with van der Waals surface area (Å²) in [5.41, 5.74) is 1.91. The van der Waals surface area contributed by atoms with Crippen LogP contribution in [0, 0.1) is 5.82 Å². The van der Waals surface area contributed by atoms with Crippen LogP contribution in [0.25, 0.3) is 27.8 Å². The van der Waals surface area contributed by atoms with Crippen LogP contribution in [0.5, 0.6) is 0 Å². The Hall–Kier alpha value is -3.72. The zero-order chi connectivity index (χ0) is 23.3. The van der Waals surface area contributed by atoms with Crippen LogP contribution in [0.1, 0.15) is 5.56 Å². The molecule has 0 amide bonds. The number of nitrogens with zero attached hydrogens (tertiary/aromatic N) is 5. The van der Waals surface area contributed by atoms with E-state index in [0.717, 1.165) is 17.7 Å². The van der Waals surface area contributed by atoms with Gasteiger partial charge in [-0.25, -0.2) is 4.39 Å². The zero-order valence-corrected chi connectivity index (χ0v) is 17.7. The molecule has 0 spiro atoms. The molecule has 0 unspecified atom stereocenters. The smallest absolute Gasteiger partial charge is 0.329 e. The Morgan fingerprint density at radius 2 is 1.73 bits per heavy atom. The van der Waals surface area contributed by atoms with E-state index in [1.165, 1.54) is 30.6 Å². The molecule has 2 heterocycles. The van der Waals surface area contributed by atoms with Gasteiger partial charge in [0.15, 0.2) is 0 Å². The molecule has 0 aliphatic rings. The van der Waals surface area contributed by atoms with E-state index in [1.54, 1.807) is 28.5 Å². The van der Waals surface area contributed by atoms with Gasteiger partial charge in [-0.05, 0) is 47.5 Å². The lowest BCUT2D eigenvalue weighted by atomic mass is 10.0. The first-order valence-electron chi connectivity index (χ1n) is 9.72. The predicted molar refractivity (Wildman–Crippen MR) is 118 cm³/mol. The SMILES string of the molecule is CN(c1cccc(-c2ccc(C(F)(F)F)cc2)c1)c1nc2nncn2c2cc(Cl)c(F)cc12. The summed E-state index contributed by atoms with van der Waals surface area (Å²) in [5.74, 6) is 0.142. The van der Waals surface area contributed by atoms with Crippen LogP contribution in [0.3, 0.4) is 0 Å². The van der Waals surface area contributed by atoms with E-state index >= 15 is 0 Å². The zero-order valence-electron chi connectivity index (χ0n) is 17.0. The monoisotopic (exact) mass is 471 g/mol. The predicted octanol–water partition coefficient (Wildman–Crippen LogP) is 6.52. The molecular formula is C23H14ClF4N5. The Balaban J connectivity index is 1.60. The van der Waals surface area contributed by atoms with Crippen LogP contribution in [0.4, 0.5) is 29.1 Å². The molecule has 0 saturated carbocycles. The average molecular weight is 472 g/mol. The molecule has 0 bridgehead atoms. The molecule has 5 nitrogen and oxygen atoms in total. The first kappa shape index (κ1) is 21.1. The van der Waals surface area contributed by atoms with Crippen molar-refractivity contribution < 1.29 is 17.6 Å². The lowest BCUT2D eigenvalue weighted by molar-refractivity contribution is -0.137. The van der Waals surface area contributed by atoms with Crippen LogP contribution in [-0.2, 0) is 6.18 Å². The number of hydrogen-bond donors (Lipinski definition) is 0. The second-order valence-electron chi connectivity index (χ2n) is 7.40. The molecule has 3 aromatic carbocycles. The van der Waals surface area contributed by atoms with Crippen molar-refractivity contribution in [1.82, 2.24) is 19.6 Å². The van der Waals surface area contributed by atoms with Crippen molar-refractivity contribution in [3.63, 3.8) is 0 Å². The van der Waals surface area contributed by atoms with Crippen LogP contribution < -0.4 is 4.90 Å². The summed E-state index contributed by atoms with van der Waals surface area (Å²) in [7, 11) is 1.76. The molecule has 0 fully saturated rings. The van der Waals surface area contributed by atoms with Crippen LogP contribution >= 0.6 is 11.6 Å². The maximum absolute atomic E-state index is 14.3. The summed E-state index contributed by atoms with van der Waals surface area (Å²) in [6.07, 6.45) is -2.93. The van der Waals surface area contributed by atoms with Crippen molar-refractivity contribution in [3.05, 3.63) is 83.4 Å². The topological polar surface area (TPSA) is 46.3 Å². The van der Waals surface area contributed by atoms with Crippen molar-refractivity contribution in [2.45, 2.75) is 6.18 Å². The highest BCUT2D eigenvalue weighted by atomic mass is 35.5. The highest BCUT2D eigenvalue weighted by Gasteiger charge is 2.30. The van der Waals surface area contributed by atoms with Gasteiger partial charge in [0.25, 0.3) is 5.78 Å². The molecular weight excluding hydrogens is 458 g/mol. The maximum atomic E-state index is 14.3. The van der Waals surface area contributed by atoms with E-state index in [4.69, 9.17) is 11.6 Å². The normalized spacial score (nSPS) is 11.9. The second kappa shape index (κ2) is 7.70. The van der Waals surface area contributed by atoms with E-state index in [2.05, 4.69) is 15.2 Å². The van der Waals surface area contributed by atoms with Gasteiger partial charge in [0, 0.05) is 18.1 Å². The van der Waals surface area contributed by atoms with Gasteiger partial charge in [-0.3, -0.25) is 4.40 Å². The molecule has 5 rings (SSSR count). The van der Waals surface area contributed by atoms with Crippen LogP contribution in [-0.4, -0.2) is 26.6 Å². The van der Waals surface area contributed by atoms with Crippen molar-refractivity contribution in [1.29, 1.82) is 0 Å². The van der Waals surface area contributed by atoms with Crippen LogP contribution in [0.15, 0.2) is 67.0 Å². The van der Waals surface area contributed by atoms with E-state index in [0.29, 0.717) is 33.7 Å². The number of anilines is 2. The summed E-state index contributed by atoms with van der Waals surface area (Å²) < 4.78 is 54.6. The number of rotatable bonds is 3. The van der Waals surface area contributed by atoms with Gasteiger partial charge in [-0.15, -0.1) is 10.2 Å². The summed E-state index contributed by atoms with van der Waals surface area (Å²) >= 11 is 6.00. The third kappa shape index (κ3) is 3.74. The fraction of sp³-hybridized carbons (Fsp3) is 0.0870. The summed E-state index contributed by atoms with van der Waals surface area (Å²) in [6.45, 7) is 0. The molecule has 2 aromatic heterocycles. The molecule has 166 valence electrons. The standard InChI is InChI=1S/C23H14ClF4N5/c1-32(16-4-2-3-14(9-16)13-5-7-15(8-6-13)23(26,27)28)21-17-10-19(25)18(24)11-20(17)33-12-29-31-22(33)30-21/h2-12H,1H3. The van der Waals surface area contributed by atoms with Gasteiger partial charge in [-0.2, -0.15) is 18.2 Å². The fourth-order valence-electron chi connectivity index (χ4n) is 3.67. The van der Waals surface area contributed by atoms with E-state index in [9.17, 15) is 17.6 Å². The minimum Gasteiger partial charge on any atom is -0.329 e. The van der Waals surface area contributed by atoms with Crippen molar-refractivity contribution in [2.24, 2.45) is 0 Å². The molecule has 0 atom stereocenters. The van der Waals surface area contributed by atoms with Gasteiger partial charge in [0.2, 0.25) is 0 Å². The number of aromatic nitrogens is 4. The molecule has 0 saturated heterocycles. The largest absolute Gasteiger partial charge is 0.416 e. The Kier molecular flexibility index (Phi) is 4.93. The summed E-state index contributed by atoms with van der Waals surface area (Å²) in [6, 6.07) is 15.0. The molecule has 5 aromatic rings. The molecule has 0 aliphatic heterocycles. The van der Waals surface area contributed by atoms with Crippen LogP contribution in [0.2, 0.25) is 5.02 Å². The number of fused-ring (bicyclic) bond motifs is 3. The lowest BCUT2D eigenvalue weighted by Crippen LogP contribution is -2.13. The molecule has 10 heteroatoms. The molecule has 33 heavy (non-hydrogen) atoms. The van der Waals surface area contributed by atoms with E-state index < -0.39 is 17.6 Å². The maximum Gasteiger partial charge on any atom is 0.416 e. The van der Waals surface area contributed by atoms with Gasteiger partial charge >= 0.3 is 6.18 Å². The highest BCUT2D eigenvalue weighted by molar-refractivity contribution is 6.31. The van der Waals surface area contributed by atoms with Crippen molar-refractivity contribution in [2.75, 3.05) is 11.9 Å². The molecule has 0 aliphatic carbocycles. The highest BCUT2D eigenvalue weighted by Crippen LogP contribution is 2.35. The number of benzene rings is 3. The Morgan fingerprint density at radius 1 is 0.970 bits per heavy atom. The summed E-state index contributed by atoms with van der Waals surface area (Å²) in [5, 5.41) is 8.32. The molecule has 0 N–H and O–H groups in total.